The molecule has 0 amide bonds. The monoisotopic (exact) mass is 396 g/mol. The Morgan fingerprint density at radius 2 is 1.00 bits per heavy atom. The molecule has 0 bridgehead atoms. The summed E-state index contributed by atoms with van der Waals surface area (Å²) >= 11 is 0. The predicted octanol–water partition coefficient (Wildman–Crippen LogP) is 4.91. The third-order valence-corrected chi connectivity index (χ3v) is 4.97. The third kappa shape index (κ3) is 3.98. The van der Waals surface area contributed by atoms with Crippen molar-refractivity contribution in [2.24, 2.45) is 10.2 Å². The van der Waals surface area contributed by atoms with Crippen LogP contribution in [-0.2, 0) is 0 Å². The normalized spacial score (nSPS) is 12.4. The molecule has 4 rings (SSSR count). The standard InChI is InChI=1S/C24H24N6/c1-17(23-15-29(27-19(23)3)21-11-7-5-8-12-21)25-26-18(2)24-16-30(28-20(24)4)22-13-9-6-10-14-22/h5-16H,1-4H3/b25-17+,26-18+. The molecule has 30 heavy (non-hydrogen) atoms. The van der Waals surface area contributed by atoms with E-state index in [2.05, 4.69) is 20.4 Å². The molecule has 0 radical (unpaired) electrons. The smallest absolute Gasteiger partial charge is 0.0706 e. The molecular weight excluding hydrogens is 372 g/mol. The summed E-state index contributed by atoms with van der Waals surface area (Å²) in [6.45, 7) is 7.88. The van der Waals surface area contributed by atoms with E-state index in [1.807, 2.05) is 110 Å². The van der Waals surface area contributed by atoms with Crippen molar-refractivity contribution in [3.05, 3.63) is 95.6 Å². The van der Waals surface area contributed by atoms with Gasteiger partial charge in [0.05, 0.1) is 34.2 Å². The fourth-order valence-corrected chi connectivity index (χ4v) is 3.31. The van der Waals surface area contributed by atoms with Crippen LogP contribution in [0.15, 0.2) is 83.3 Å². The molecule has 0 aliphatic carbocycles. The second kappa shape index (κ2) is 8.29. The highest BCUT2D eigenvalue weighted by molar-refractivity contribution is 6.02. The topological polar surface area (TPSA) is 60.4 Å². The molecule has 6 nitrogen and oxygen atoms in total. The van der Waals surface area contributed by atoms with Crippen LogP contribution in [0.25, 0.3) is 11.4 Å². The minimum absolute atomic E-state index is 0.821. The van der Waals surface area contributed by atoms with Gasteiger partial charge in [-0.1, -0.05) is 36.4 Å². The van der Waals surface area contributed by atoms with Crippen LogP contribution in [0.2, 0.25) is 0 Å². The zero-order valence-corrected chi connectivity index (χ0v) is 17.6. The highest BCUT2D eigenvalue weighted by atomic mass is 15.3. The number of benzene rings is 2. The Morgan fingerprint density at radius 3 is 1.37 bits per heavy atom. The number of aryl methyl sites for hydroxylation is 2. The second-order valence-electron chi connectivity index (χ2n) is 7.19. The van der Waals surface area contributed by atoms with Crippen molar-refractivity contribution >= 4 is 11.4 Å². The Hall–Kier alpha value is -3.80. The van der Waals surface area contributed by atoms with Crippen molar-refractivity contribution in [3.8, 4) is 11.4 Å². The van der Waals surface area contributed by atoms with Crippen LogP contribution < -0.4 is 0 Å². The fourth-order valence-electron chi connectivity index (χ4n) is 3.31. The number of hydrogen-bond donors (Lipinski definition) is 0. The summed E-state index contributed by atoms with van der Waals surface area (Å²) in [7, 11) is 0. The Bertz CT molecular complexity index is 1120. The lowest BCUT2D eigenvalue weighted by Crippen LogP contribution is -1.98. The maximum absolute atomic E-state index is 4.61. The molecule has 2 heterocycles. The van der Waals surface area contributed by atoms with E-state index < -0.39 is 0 Å². The molecular formula is C24H24N6. The molecule has 4 aromatic rings. The lowest BCUT2D eigenvalue weighted by atomic mass is 10.2. The van der Waals surface area contributed by atoms with Gasteiger partial charge in [-0.15, -0.1) is 0 Å². The summed E-state index contributed by atoms with van der Waals surface area (Å²) in [5, 5.41) is 18.2. The van der Waals surface area contributed by atoms with E-state index >= 15 is 0 Å². The van der Waals surface area contributed by atoms with Gasteiger partial charge in [-0.25, -0.2) is 9.36 Å². The predicted molar refractivity (Wildman–Crippen MR) is 121 cm³/mol. The summed E-state index contributed by atoms with van der Waals surface area (Å²) < 4.78 is 3.74. The van der Waals surface area contributed by atoms with Crippen LogP contribution in [0.4, 0.5) is 0 Å². The Balaban J connectivity index is 1.60. The van der Waals surface area contributed by atoms with Gasteiger partial charge in [0.2, 0.25) is 0 Å². The molecule has 0 saturated carbocycles. The molecule has 0 saturated heterocycles. The van der Waals surface area contributed by atoms with Crippen molar-refractivity contribution in [1.29, 1.82) is 0 Å². The van der Waals surface area contributed by atoms with E-state index in [4.69, 9.17) is 0 Å². The summed E-state index contributed by atoms with van der Waals surface area (Å²) in [6.07, 6.45) is 3.99. The molecule has 0 spiro atoms. The first kappa shape index (κ1) is 19.5. The van der Waals surface area contributed by atoms with Gasteiger partial charge in [-0.3, -0.25) is 0 Å². The van der Waals surface area contributed by atoms with Gasteiger partial charge in [0.25, 0.3) is 0 Å². The molecule has 0 fully saturated rings. The van der Waals surface area contributed by atoms with Crippen LogP contribution in [0, 0.1) is 13.8 Å². The first-order chi connectivity index (χ1) is 14.5. The van der Waals surface area contributed by atoms with Gasteiger partial charge >= 0.3 is 0 Å². The van der Waals surface area contributed by atoms with Gasteiger partial charge in [0.15, 0.2) is 0 Å². The zero-order chi connectivity index (χ0) is 21.1. The largest absolute Gasteiger partial charge is 0.240 e. The number of aromatic nitrogens is 4. The lowest BCUT2D eigenvalue weighted by molar-refractivity contribution is 0.863. The van der Waals surface area contributed by atoms with Gasteiger partial charge < -0.3 is 0 Å². The highest BCUT2D eigenvalue weighted by Gasteiger charge is 2.11. The average molecular weight is 396 g/mol. The minimum Gasteiger partial charge on any atom is -0.240 e. The molecule has 0 unspecified atom stereocenters. The second-order valence-corrected chi connectivity index (χ2v) is 7.19. The van der Waals surface area contributed by atoms with Gasteiger partial charge in [-0.2, -0.15) is 20.4 Å². The molecule has 0 atom stereocenters. The van der Waals surface area contributed by atoms with Crippen LogP contribution in [0.1, 0.15) is 36.4 Å². The van der Waals surface area contributed by atoms with Crippen molar-refractivity contribution < 1.29 is 0 Å². The SMILES string of the molecule is C/C(=N\N=C(/C)c1cn(-c2ccccc2)nc1C)c1cn(-c2ccccc2)nc1C. The molecule has 150 valence electrons. The molecule has 2 aromatic heterocycles. The first-order valence-electron chi connectivity index (χ1n) is 9.86. The highest BCUT2D eigenvalue weighted by Crippen LogP contribution is 2.15. The van der Waals surface area contributed by atoms with Crippen LogP contribution in [-0.4, -0.2) is 31.0 Å². The average Bonchev–Trinajstić information content (AvgIpc) is 3.36. The van der Waals surface area contributed by atoms with E-state index in [0.717, 1.165) is 45.3 Å². The lowest BCUT2D eigenvalue weighted by Gasteiger charge is -1.99. The summed E-state index contributed by atoms with van der Waals surface area (Å²) in [5.41, 5.74) is 7.47. The van der Waals surface area contributed by atoms with E-state index in [1.54, 1.807) is 0 Å². The number of rotatable bonds is 5. The van der Waals surface area contributed by atoms with Crippen LogP contribution >= 0.6 is 0 Å². The molecule has 0 N–H and O–H groups in total. The van der Waals surface area contributed by atoms with Crippen molar-refractivity contribution in [1.82, 2.24) is 19.6 Å². The van der Waals surface area contributed by atoms with Crippen LogP contribution in [0.5, 0.6) is 0 Å². The number of para-hydroxylation sites is 2. The van der Waals surface area contributed by atoms with E-state index in [9.17, 15) is 0 Å². The Kier molecular flexibility index (Phi) is 5.39. The van der Waals surface area contributed by atoms with Gasteiger partial charge in [0.1, 0.15) is 0 Å². The van der Waals surface area contributed by atoms with Crippen molar-refractivity contribution in [2.75, 3.05) is 0 Å². The van der Waals surface area contributed by atoms with Crippen LogP contribution in [0.3, 0.4) is 0 Å². The first-order valence-corrected chi connectivity index (χ1v) is 9.86. The maximum Gasteiger partial charge on any atom is 0.0706 e. The number of hydrogen-bond acceptors (Lipinski definition) is 4. The molecule has 2 aromatic carbocycles. The zero-order valence-electron chi connectivity index (χ0n) is 17.6. The summed E-state index contributed by atoms with van der Waals surface area (Å²) in [5.74, 6) is 0. The molecule has 0 aliphatic heterocycles. The quantitative estimate of drug-likeness (QED) is 0.355. The van der Waals surface area contributed by atoms with E-state index in [1.165, 1.54) is 0 Å². The van der Waals surface area contributed by atoms with Crippen molar-refractivity contribution in [2.45, 2.75) is 27.7 Å². The van der Waals surface area contributed by atoms with E-state index in [0.29, 0.717) is 0 Å². The summed E-state index contributed by atoms with van der Waals surface area (Å²) in [4.78, 5) is 0. The molecule has 0 aliphatic rings. The number of nitrogens with zero attached hydrogens (tertiary/aromatic N) is 6. The van der Waals surface area contributed by atoms with Gasteiger partial charge in [0, 0.05) is 23.5 Å². The Labute approximate surface area is 176 Å². The minimum atomic E-state index is 0.821. The van der Waals surface area contributed by atoms with E-state index in [-0.39, 0.29) is 0 Å². The fraction of sp³-hybridized carbons (Fsp3) is 0.167. The third-order valence-electron chi connectivity index (χ3n) is 4.97. The maximum atomic E-state index is 4.61. The van der Waals surface area contributed by atoms with Crippen molar-refractivity contribution in [3.63, 3.8) is 0 Å². The molecule has 6 heteroatoms. The Morgan fingerprint density at radius 1 is 0.633 bits per heavy atom. The summed E-state index contributed by atoms with van der Waals surface area (Å²) in [6, 6.07) is 20.1. The van der Waals surface area contributed by atoms with Gasteiger partial charge in [-0.05, 0) is 52.0 Å².